The highest BCUT2D eigenvalue weighted by molar-refractivity contribution is 7.92. The van der Waals surface area contributed by atoms with E-state index in [1.54, 1.807) is 42.2 Å². The van der Waals surface area contributed by atoms with Crippen LogP contribution >= 0.6 is 0 Å². The van der Waals surface area contributed by atoms with Crippen molar-refractivity contribution in [1.82, 2.24) is 4.90 Å². The third kappa shape index (κ3) is 4.40. The minimum absolute atomic E-state index is 0.0923. The third-order valence-corrected chi connectivity index (χ3v) is 4.92. The molecule has 5 nitrogen and oxygen atoms in total. The molecule has 1 saturated carbocycles. The molecule has 2 aromatic rings. The minimum Gasteiger partial charge on any atom is -0.331 e. The van der Waals surface area contributed by atoms with Crippen molar-refractivity contribution in [2.45, 2.75) is 32.4 Å². The van der Waals surface area contributed by atoms with Crippen LogP contribution in [0.4, 0.5) is 10.1 Å². The van der Waals surface area contributed by atoms with Gasteiger partial charge in [-0.05, 0) is 43.5 Å². The zero-order valence-corrected chi connectivity index (χ0v) is 15.5. The van der Waals surface area contributed by atoms with Gasteiger partial charge in [0.2, 0.25) is 10.0 Å². The monoisotopic (exact) mass is 376 g/mol. The van der Waals surface area contributed by atoms with Gasteiger partial charge in [-0.25, -0.2) is 12.8 Å². The summed E-state index contributed by atoms with van der Waals surface area (Å²) in [6.07, 6.45) is 2.84. The quantitative estimate of drug-likeness (QED) is 0.841. The van der Waals surface area contributed by atoms with Crippen molar-refractivity contribution < 1.29 is 17.6 Å². The van der Waals surface area contributed by atoms with Gasteiger partial charge in [-0.1, -0.05) is 24.3 Å². The number of sulfonamides is 1. The van der Waals surface area contributed by atoms with Crippen LogP contribution in [0.1, 0.15) is 34.3 Å². The Labute approximate surface area is 152 Å². The van der Waals surface area contributed by atoms with Gasteiger partial charge >= 0.3 is 0 Å². The summed E-state index contributed by atoms with van der Waals surface area (Å²) in [7, 11) is -3.45. The maximum absolute atomic E-state index is 14.0. The van der Waals surface area contributed by atoms with Crippen LogP contribution in [0.15, 0.2) is 42.5 Å². The smallest absolute Gasteiger partial charge is 0.254 e. The Balaban J connectivity index is 1.88. The molecule has 7 heteroatoms. The number of hydrogen-bond acceptors (Lipinski definition) is 3. The van der Waals surface area contributed by atoms with Crippen molar-refractivity contribution in [3.8, 4) is 0 Å². The Morgan fingerprint density at radius 3 is 2.54 bits per heavy atom. The molecule has 26 heavy (non-hydrogen) atoms. The van der Waals surface area contributed by atoms with Gasteiger partial charge in [0.25, 0.3) is 5.91 Å². The third-order valence-electron chi connectivity index (χ3n) is 4.33. The second-order valence-corrected chi connectivity index (χ2v) is 8.41. The summed E-state index contributed by atoms with van der Waals surface area (Å²) in [5.41, 5.74) is 1.94. The molecule has 0 saturated heterocycles. The predicted molar refractivity (Wildman–Crippen MR) is 98.9 cm³/mol. The van der Waals surface area contributed by atoms with Crippen molar-refractivity contribution >= 4 is 21.6 Å². The summed E-state index contributed by atoms with van der Waals surface area (Å²) in [6.45, 7) is 1.96. The van der Waals surface area contributed by atoms with Gasteiger partial charge in [-0.15, -0.1) is 0 Å². The maximum atomic E-state index is 14.0. The SMILES string of the molecule is Cc1ccc(C(=O)N(Cc2ccccc2F)C2CC2)cc1NS(C)(=O)=O. The summed E-state index contributed by atoms with van der Waals surface area (Å²) >= 11 is 0. The molecule has 0 spiro atoms. The van der Waals surface area contributed by atoms with Gasteiger partial charge in [0.05, 0.1) is 11.9 Å². The highest BCUT2D eigenvalue weighted by Gasteiger charge is 2.33. The largest absolute Gasteiger partial charge is 0.331 e. The molecular weight excluding hydrogens is 355 g/mol. The number of halogens is 1. The Bertz CT molecular complexity index is 940. The van der Waals surface area contributed by atoms with Crippen LogP contribution in [-0.2, 0) is 16.6 Å². The van der Waals surface area contributed by atoms with Gasteiger partial charge in [-0.2, -0.15) is 0 Å². The number of aryl methyl sites for hydroxylation is 1. The summed E-state index contributed by atoms with van der Waals surface area (Å²) in [6, 6.07) is 11.4. The number of anilines is 1. The summed E-state index contributed by atoms with van der Waals surface area (Å²) in [5, 5.41) is 0. The number of carbonyl (C=O) groups excluding carboxylic acids is 1. The molecule has 0 radical (unpaired) electrons. The molecule has 1 amide bonds. The Morgan fingerprint density at radius 1 is 1.23 bits per heavy atom. The van der Waals surface area contributed by atoms with Gasteiger partial charge in [-0.3, -0.25) is 9.52 Å². The number of hydrogen-bond donors (Lipinski definition) is 1. The van der Waals surface area contributed by atoms with Crippen LogP contribution in [-0.4, -0.2) is 31.5 Å². The highest BCUT2D eigenvalue weighted by Crippen LogP contribution is 2.31. The van der Waals surface area contributed by atoms with E-state index in [9.17, 15) is 17.6 Å². The molecule has 1 fully saturated rings. The zero-order chi connectivity index (χ0) is 18.9. The topological polar surface area (TPSA) is 66.5 Å². The fraction of sp³-hybridized carbons (Fsp3) is 0.316. The molecule has 0 unspecified atom stereocenters. The van der Waals surface area contributed by atoms with Gasteiger partial charge in [0.15, 0.2) is 0 Å². The zero-order valence-electron chi connectivity index (χ0n) is 14.7. The number of benzene rings is 2. The average Bonchev–Trinajstić information content (AvgIpc) is 3.39. The first-order valence-corrected chi connectivity index (χ1v) is 10.3. The van der Waals surface area contributed by atoms with Crippen LogP contribution in [0.2, 0.25) is 0 Å². The second-order valence-electron chi connectivity index (χ2n) is 6.66. The lowest BCUT2D eigenvalue weighted by Gasteiger charge is -2.23. The summed E-state index contributed by atoms with van der Waals surface area (Å²) in [5.74, 6) is -0.568. The van der Waals surface area contributed by atoms with E-state index in [2.05, 4.69) is 4.72 Å². The summed E-state index contributed by atoms with van der Waals surface area (Å²) in [4.78, 5) is 14.7. The van der Waals surface area contributed by atoms with Gasteiger partial charge in [0, 0.05) is 23.7 Å². The summed E-state index contributed by atoms with van der Waals surface area (Å²) < 4.78 is 39.4. The lowest BCUT2D eigenvalue weighted by molar-refractivity contribution is 0.0728. The predicted octanol–water partition coefficient (Wildman–Crippen LogP) is 3.31. The fourth-order valence-corrected chi connectivity index (χ4v) is 3.41. The van der Waals surface area contributed by atoms with Crippen molar-refractivity contribution in [3.05, 3.63) is 65.0 Å². The van der Waals surface area contributed by atoms with Crippen LogP contribution in [0.5, 0.6) is 0 Å². The van der Waals surface area contributed by atoms with Crippen LogP contribution < -0.4 is 4.72 Å². The minimum atomic E-state index is -3.45. The van der Waals surface area contributed by atoms with E-state index in [4.69, 9.17) is 0 Å². The first kappa shape index (κ1) is 18.4. The lowest BCUT2D eigenvalue weighted by Crippen LogP contribution is -2.33. The highest BCUT2D eigenvalue weighted by atomic mass is 32.2. The first-order valence-electron chi connectivity index (χ1n) is 8.37. The fourth-order valence-electron chi connectivity index (χ4n) is 2.79. The number of rotatable bonds is 6. The number of nitrogens with zero attached hydrogens (tertiary/aromatic N) is 1. The molecule has 2 aromatic carbocycles. The first-order chi connectivity index (χ1) is 12.2. The van der Waals surface area contributed by atoms with E-state index in [0.717, 1.165) is 24.7 Å². The van der Waals surface area contributed by atoms with E-state index in [1.807, 2.05) is 0 Å². The number of nitrogens with one attached hydrogen (secondary N) is 1. The molecular formula is C19H21FN2O3S. The van der Waals surface area contributed by atoms with Crippen LogP contribution in [0.25, 0.3) is 0 Å². The molecule has 0 heterocycles. The molecule has 1 aliphatic rings. The number of carbonyl (C=O) groups is 1. The average molecular weight is 376 g/mol. The van der Waals surface area contributed by atoms with Crippen molar-refractivity contribution in [3.63, 3.8) is 0 Å². The molecule has 0 atom stereocenters. The standard InChI is InChI=1S/C19H21FN2O3S/c1-13-7-8-14(11-18(13)21-26(2,24)25)19(23)22(16-9-10-16)12-15-5-3-4-6-17(15)20/h3-8,11,16,21H,9-10,12H2,1-2H3. The molecule has 1 aliphatic carbocycles. The molecule has 1 N–H and O–H groups in total. The Kier molecular flexibility index (Phi) is 5.00. The normalized spacial score (nSPS) is 14.1. The van der Waals surface area contributed by atoms with Crippen molar-refractivity contribution in [2.75, 3.05) is 11.0 Å². The molecule has 0 bridgehead atoms. The van der Waals surface area contributed by atoms with E-state index in [-0.39, 0.29) is 24.3 Å². The van der Waals surface area contributed by atoms with Crippen molar-refractivity contribution in [2.24, 2.45) is 0 Å². The van der Waals surface area contributed by atoms with E-state index in [0.29, 0.717) is 16.8 Å². The molecule has 3 rings (SSSR count). The number of amides is 1. The van der Waals surface area contributed by atoms with E-state index in [1.165, 1.54) is 12.1 Å². The van der Waals surface area contributed by atoms with E-state index < -0.39 is 10.0 Å². The van der Waals surface area contributed by atoms with E-state index >= 15 is 0 Å². The molecule has 138 valence electrons. The second kappa shape index (κ2) is 7.07. The molecule has 0 aromatic heterocycles. The van der Waals surface area contributed by atoms with Crippen molar-refractivity contribution in [1.29, 1.82) is 0 Å². The van der Waals surface area contributed by atoms with Gasteiger partial charge < -0.3 is 4.90 Å². The van der Waals surface area contributed by atoms with Crippen LogP contribution in [0.3, 0.4) is 0 Å². The van der Waals surface area contributed by atoms with Gasteiger partial charge in [0.1, 0.15) is 5.82 Å². The lowest BCUT2D eigenvalue weighted by atomic mass is 10.1. The Hall–Kier alpha value is -2.41. The van der Waals surface area contributed by atoms with Crippen LogP contribution in [0, 0.1) is 12.7 Å². The molecule has 0 aliphatic heterocycles. The maximum Gasteiger partial charge on any atom is 0.254 e. The Morgan fingerprint density at radius 2 is 1.92 bits per heavy atom.